The first-order valence-electron chi connectivity index (χ1n) is 8.03. The van der Waals surface area contributed by atoms with E-state index in [4.69, 9.17) is 0 Å². The second-order valence-electron chi connectivity index (χ2n) is 6.21. The number of aromatic nitrogens is 2. The Kier molecular flexibility index (Phi) is 5.26. The Balaban J connectivity index is 1.91. The molecule has 118 valence electrons. The van der Waals surface area contributed by atoms with Crippen molar-refractivity contribution in [2.24, 2.45) is 7.05 Å². The molecule has 1 amide bonds. The maximum absolute atomic E-state index is 12.4. The number of likely N-dealkylation sites (tertiary alicyclic amines) is 1. The summed E-state index contributed by atoms with van der Waals surface area (Å²) in [5, 5.41) is 7.86. The van der Waals surface area contributed by atoms with Crippen molar-refractivity contribution in [2.75, 3.05) is 18.4 Å². The fourth-order valence-corrected chi connectivity index (χ4v) is 2.99. The SMILES string of the molecule is Cc1nn(C)c(C)c1N[C@@H](C)CC(=O)N1CCCCCC1. The van der Waals surface area contributed by atoms with E-state index in [9.17, 15) is 4.79 Å². The van der Waals surface area contributed by atoms with Crippen molar-refractivity contribution in [1.82, 2.24) is 14.7 Å². The van der Waals surface area contributed by atoms with Gasteiger partial charge in [-0.25, -0.2) is 0 Å². The van der Waals surface area contributed by atoms with E-state index in [-0.39, 0.29) is 11.9 Å². The topological polar surface area (TPSA) is 50.2 Å². The van der Waals surface area contributed by atoms with Gasteiger partial charge in [0.05, 0.1) is 17.1 Å². The standard InChI is InChI=1S/C16H28N4O/c1-12(17-16-13(2)18-19(4)14(16)3)11-15(21)20-9-7-5-6-8-10-20/h12,17H,5-11H2,1-4H3/t12-/m0/s1. The van der Waals surface area contributed by atoms with E-state index in [1.165, 1.54) is 12.8 Å². The molecule has 2 heterocycles. The molecule has 1 aromatic heterocycles. The molecule has 0 saturated carbocycles. The molecule has 1 fully saturated rings. The van der Waals surface area contributed by atoms with Gasteiger partial charge in [-0.05, 0) is 33.6 Å². The van der Waals surface area contributed by atoms with Gasteiger partial charge in [0.25, 0.3) is 0 Å². The van der Waals surface area contributed by atoms with E-state index >= 15 is 0 Å². The summed E-state index contributed by atoms with van der Waals surface area (Å²) >= 11 is 0. The minimum absolute atomic E-state index is 0.127. The van der Waals surface area contributed by atoms with Crippen LogP contribution in [0.1, 0.15) is 50.4 Å². The average molecular weight is 292 g/mol. The first kappa shape index (κ1) is 15.9. The fourth-order valence-electron chi connectivity index (χ4n) is 2.99. The molecule has 0 aliphatic carbocycles. The molecule has 2 rings (SSSR count). The molecule has 1 aliphatic rings. The van der Waals surface area contributed by atoms with Gasteiger partial charge in [0.2, 0.25) is 5.91 Å². The number of aryl methyl sites for hydroxylation is 2. The highest BCUT2D eigenvalue weighted by Crippen LogP contribution is 2.20. The maximum Gasteiger partial charge on any atom is 0.224 e. The van der Waals surface area contributed by atoms with Gasteiger partial charge in [-0.3, -0.25) is 9.48 Å². The van der Waals surface area contributed by atoms with Crippen LogP contribution in [-0.2, 0) is 11.8 Å². The van der Waals surface area contributed by atoms with E-state index in [2.05, 4.69) is 17.3 Å². The van der Waals surface area contributed by atoms with Crippen molar-refractivity contribution in [3.63, 3.8) is 0 Å². The Morgan fingerprint density at radius 2 is 1.86 bits per heavy atom. The largest absolute Gasteiger partial charge is 0.379 e. The van der Waals surface area contributed by atoms with Crippen LogP contribution in [0.15, 0.2) is 0 Å². The van der Waals surface area contributed by atoms with Crippen molar-refractivity contribution in [3.05, 3.63) is 11.4 Å². The number of hydrogen-bond donors (Lipinski definition) is 1. The number of carbonyl (C=O) groups is 1. The second-order valence-corrected chi connectivity index (χ2v) is 6.21. The van der Waals surface area contributed by atoms with Gasteiger partial charge in [-0.2, -0.15) is 5.10 Å². The Morgan fingerprint density at radius 3 is 2.38 bits per heavy atom. The van der Waals surface area contributed by atoms with Gasteiger partial charge < -0.3 is 10.2 Å². The molecular weight excluding hydrogens is 264 g/mol. The second kappa shape index (κ2) is 6.96. The lowest BCUT2D eigenvalue weighted by Gasteiger charge is -2.23. The third-order valence-electron chi connectivity index (χ3n) is 4.34. The van der Waals surface area contributed by atoms with Crippen molar-refractivity contribution >= 4 is 11.6 Å². The average Bonchev–Trinajstić information content (AvgIpc) is 2.68. The predicted molar refractivity (Wildman–Crippen MR) is 85.4 cm³/mol. The Morgan fingerprint density at radius 1 is 1.24 bits per heavy atom. The van der Waals surface area contributed by atoms with E-state index in [1.54, 1.807) is 0 Å². The summed E-state index contributed by atoms with van der Waals surface area (Å²) in [6.07, 6.45) is 5.35. The van der Waals surface area contributed by atoms with Crippen molar-refractivity contribution in [1.29, 1.82) is 0 Å². The van der Waals surface area contributed by atoms with Crippen LogP contribution >= 0.6 is 0 Å². The van der Waals surface area contributed by atoms with Crippen LogP contribution in [0.5, 0.6) is 0 Å². The van der Waals surface area contributed by atoms with Gasteiger partial charge in [0.1, 0.15) is 0 Å². The summed E-state index contributed by atoms with van der Waals surface area (Å²) in [6.45, 7) is 7.97. The smallest absolute Gasteiger partial charge is 0.224 e. The minimum atomic E-state index is 0.127. The highest BCUT2D eigenvalue weighted by Gasteiger charge is 2.19. The molecule has 0 unspecified atom stereocenters. The predicted octanol–water partition coefficient (Wildman–Crippen LogP) is 2.63. The fraction of sp³-hybridized carbons (Fsp3) is 0.750. The van der Waals surface area contributed by atoms with E-state index in [0.29, 0.717) is 6.42 Å². The van der Waals surface area contributed by atoms with Crippen LogP contribution in [0.25, 0.3) is 0 Å². The monoisotopic (exact) mass is 292 g/mol. The van der Waals surface area contributed by atoms with Crippen LogP contribution in [-0.4, -0.2) is 39.7 Å². The summed E-state index contributed by atoms with van der Waals surface area (Å²) in [6, 6.07) is 0.127. The molecule has 0 spiro atoms. The van der Waals surface area contributed by atoms with Gasteiger partial charge in [0.15, 0.2) is 0 Å². The number of nitrogens with one attached hydrogen (secondary N) is 1. The summed E-state index contributed by atoms with van der Waals surface area (Å²) in [5.74, 6) is 0.274. The molecule has 1 atom stereocenters. The molecule has 1 aromatic rings. The zero-order valence-corrected chi connectivity index (χ0v) is 13.8. The Bertz CT molecular complexity index is 487. The van der Waals surface area contributed by atoms with Crippen LogP contribution in [0.4, 0.5) is 5.69 Å². The first-order chi connectivity index (χ1) is 9.99. The molecule has 1 saturated heterocycles. The maximum atomic E-state index is 12.4. The lowest BCUT2D eigenvalue weighted by Crippen LogP contribution is -2.35. The quantitative estimate of drug-likeness (QED) is 0.928. The number of anilines is 1. The zero-order chi connectivity index (χ0) is 15.4. The van der Waals surface area contributed by atoms with E-state index < -0.39 is 0 Å². The molecule has 5 nitrogen and oxygen atoms in total. The highest BCUT2D eigenvalue weighted by molar-refractivity contribution is 5.77. The molecule has 0 bridgehead atoms. The third-order valence-corrected chi connectivity index (χ3v) is 4.34. The van der Waals surface area contributed by atoms with Crippen LogP contribution in [0, 0.1) is 13.8 Å². The molecule has 0 aromatic carbocycles. The van der Waals surface area contributed by atoms with Crippen molar-refractivity contribution < 1.29 is 4.79 Å². The van der Waals surface area contributed by atoms with Crippen molar-refractivity contribution in [2.45, 2.75) is 58.9 Å². The molecule has 5 heteroatoms. The number of hydrogen-bond acceptors (Lipinski definition) is 3. The summed E-state index contributed by atoms with van der Waals surface area (Å²) in [5.41, 5.74) is 3.17. The molecule has 1 aliphatic heterocycles. The van der Waals surface area contributed by atoms with Crippen LogP contribution in [0.2, 0.25) is 0 Å². The van der Waals surface area contributed by atoms with Crippen LogP contribution < -0.4 is 5.32 Å². The first-order valence-corrected chi connectivity index (χ1v) is 8.03. The number of nitrogens with zero attached hydrogens (tertiary/aromatic N) is 3. The summed E-state index contributed by atoms with van der Waals surface area (Å²) in [7, 11) is 1.95. The zero-order valence-electron chi connectivity index (χ0n) is 13.8. The Hall–Kier alpha value is -1.52. The molecular formula is C16H28N4O. The normalized spacial score (nSPS) is 17.4. The molecule has 1 N–H and O–H groups in total. The molecule has 21 heavy (non-hydrogen) atoms. The lowest BCUT2D eigenvalue weighted by atomic mass is 10.2. The van der Waals surface area contributed by atoms with Gasteiger partial charge in [-0.1, -0.05) is 12.8 Å². The Labute approximate surface area is 127 Å². The van der Waals surface area contributed by atoms with Gasteiger partial charge in [0, 0.05) is 32.6 Å². The van der Waals surface area contributed by atoms with Crippen LogP contribution in [0.3, 0.4) is 0 Å². The minimum Gasteiger partial charge on any atom is -0.379 e. The van der Waals surface area contributed by atoms with Crippen molar-refractivity contribution in [3.8, 4) is 0 Å². The lowest BCUT2D eigenvalue weighted by molar-refractivity contribution is -0.131. The highest BCUT2D eigenvalue weighted by atomic mass is 16.2. The van der Waals surface area contributed by atoms with Gasteiger partial charge >= 0.3 is 0 Å². The summed E-state index contributed by atoms with van der Waals surface area (Å²) < 4.78 is 1.88. The molecule has 0 radical (unpaired) electrons. The number of amides is 1. The van der Waals surface area contributed by atoms with E-state index in [0.717, 1.165) is 43.0 Å². The summed E-state index contributed by atoms with van der Waals surface area (Å²) in [4.78, 5) is 14.4. The third kappa shape index (κ3) is 3.99. The van der Waals surface area contributed by atoms with Gasteiger partial charge in [-0.15, -0.1) is 0 Å². The number of rotatable bonds is 4. The van der Waals surface area contributed by atoms with E-state index in [1.807, 2.05) is 30.5 Å². The number of carbonyl (C=O) groups excluding carboxylic acids is 1.